The number of benzene rings is 1. The SMILES string of the molecule is CC(C)Nc1ccccc1C(=O)N(C)CCc1cccs1. The summed E-state index contributed by atoms with van der Waals surface area (Å²) in [7, 11) is 1.86. The molecule has 0 spiro atoms. The van der Waals surface area contributed by atoms with Gasteiger partial charge in [0.2, 0.25) is 0 Å². The van der Waals surface area contributed by atoms with Gasteiger partial charge in [0.25, 0.3) is 5.91 Å². The molecule has 1 N–H and O–H groups in total. The number of para-hydroxylation sites is 1. The van der Waals surface area contributed by atoms with E-state index in [0.29, 0.717) is 6.04 Å². The van der Waals surface area contributed by atoms with Gasteiger partial charge < -0.3 is 10.2 Å². The van der Waals surface area contributed by atoms with Gasteiger partial charge in [-0.1, -0.05) is 18.2 Å². The summed E-state index contributed by atoms with van der Waals surface area (Å²) in [6.45, 7) is 4.87. The summed E-state index contributed by atoms with van der Waals surface area (Å²) in [6, 6.07) is 12.2. The number of rotatable bonds is 6. The van der Waals surface area contributed by atoms with Crippen LogP contribution in [-0.4, -0.2) is 30.4 Å². The highest BCUT2D eigenvalue weighted by molar-refractivity contribution is 7.09. The van der Waals surface area contributed by atoms with Crippen molar-refractivity contribution < 1.29 is 4.79 Å². The van der Waals surface area contributed by atoms with Gasteiger partial charge in [-0.05, 0) is 43.8 Å². The Bertz CT molecular complexity index is 578. The zero-order valence-electron chi connectivity index (χ0n) is 12.8. The van der Waals surface area contributed by atoms with Gasteiger partial charge in [0.1, 0.15) is 0 Å². The van der Waals surface area contributed by atoms with Crippen molar-refractivity contribution in [3.63, 3.8) is 0 Å². The normalized spacial score (nSPS) is 10.7. The first-order valence-corrected chi connectivity index (χ1v) is 8.09. The van der Waals surface area contributed by atoms with Crippen LogP contribution in [0.5, 0.6) is 0 Å². The largest absolute Gasteiger partial charge is 0.382 e. The third kappa shape index (κ3) is 4.33. The molecule has 2 rings (SSSR count). The second kappa shape index (κ2) is 7.27. The highest BCUT2D eigenvalue weighted by atomic mass is 32.1. The highest BCUT2D eigenvalue weighted by Gasteiger charge is 2.15. The van der Waals surface area contributed by atoms with Gasteiger partial charge in [-0.3, -0.25) is 4.79 Å². The maximum atomic E-state index is 12.6. The number of thiophene rings is 1. The van der Waals surface area contributed by atoms with Crippen LogP contribution in [-0.2, 0) is 6.42 Å². The average Bonchev–Trinajstić information content (AvgIpc) is 2.97. The predicted octanol–water partition coefficient (Wildman–Crippen LogP) is 3.88. The van der Waals surface area contributed by atoms with Crippen molar-refractivity contribution in [2.24, 2.45) is 0 Å². The zero-order chi connectivity index (χ0) is 15.2. The van der Waals surface area contributed by atoms with Crippen molar-refractivity contribution in [3.8, 4) is 0 Å². The molecular weight excluding hydrogens is 280 g/mol. The predicted molar refractivity (Wildman–Crippen MR) is 90.2 cm³/mol. The molecule has 0 aliphatic heterocycles. The number of amides is 1. The van der Waals surface area contributed by atoms with Gasteiger partial charge in [0.15, 0.2) is 0 Å². The maximum Gasteiger partial charge on any atom is 0.255 e. The molecule has 2 aromatic rings. The molecule has 1 amide bonds. The first-order chi connectivity index (χ1) is 10.1. The van der Waals surface area contributed by atoms with E-state index in [1.807, 2.05) is 37.4 Å². The maximum absolute atomic E-state index is 12.6. The van der Waals surface area contributed by atoms with Crippen LogP contribution in [0.2, 0.25) is 0 Å². The van der Waals surface area contributed by atoms with Gasteiger partial charge in [-0.2, -0.15) is 0 Å². The van der Waals surface area contributed by atoms with Gasteiger partial charge in [-0.25, -0.2) is 0 Å². The van der Waals surface area contributed by atoms with Crippen molar-refractivity contribution in [1.29, 1.82) is 0 Å². The molecular formula is C17H22N2OS. The van der Waals surface area contributed by atoms with E-state index in [-0.39, 0.29) is 5.91 Å². The van der Waals surface area contributed by atoms with Crippen LogP contribution in [0.25, 0.3) is 0 Å². The number of carbonyl (C=O) groups excluding carboxylic acids is 1. The van der Waals surface area contributed by atoms with Gasteiger partial charge in [0, 0.05) is 30.2 Å². The molecule has 1 aromatic heterocycles. The summed E-state index contributed by atoms with van der Waals surface area (Å²) in [5.41, 5.74) is 1.64. The molecule has 0 radical (unpaired) electrons. The average molecular weight is 302 g/mol. The minimum atomic E-state index is 0.0651. The molecule has 0 saturated heterocycles. The van der Waals surface area contributed by atoms with Gasteiger partial charge in [-0.15, -0.1) is 11.3 Å². The number of carbonyl (C=O) groups is 1. The fourth-order valence-corrected chi connectivity index (χ4v) is 2.84. The van der Waals surface area contributed by atoms with E-state index < -0.39 is 0 Å². The van der Waals surface area contributed by atoms with E-state index in [2.05, 4.69) is 30.6 Å². The summed E-state index contributed by atoms with van der Waals surface area (Å²) in [4.78, 5) is 15.7. The third-order valence-electron chi connectivity index (χ3n) is 3.22. The molecule has 0 atom stereocenters. The molecule has 0 bridgehead atoms. The first-order valence-electron chi connectivity index (χ1n) is 7.21. The lowest BCUT2D eigenvalue weighted by Gasteiger charge is -2.20. The standard InChI is InChI=1S/C17H22N2OS/c1-13(2)18-16-9-5-4-8-15(16)17(20)19(3)11-10-14-7-6-12-21-14/h4-9,12-13,18H,10-11H2,1-3H3. The van der Waals surface area contributed by atoms with Gasteiger partial charge >= 0.3 is 0 Å². The second-order valence-electron chi connectivity index (χ2n) is 5.40. The van der Waals surface area contributed by atoms with Crippen LogP contribution < -0.4 is 5.32 Å². The lowest BCUT2D eigenvalue weighted by Crippen LogP contribution is -2.29. The molecule has 21 heavy (non-hydrogen) atoms. The molecule has 3 nitrogen and oxygen atoms in total. The Kier molecular flexibility index (Phi) is 5.39. The Morgan fingerprint density at radius 1 is 1.24 bits per heavy atom. The van der Waals surface area contributed by atoms with Crippen molar-refractivity contribution in [1.82, 2.24) is 4.90 Å². The molecule has 0 unspecified atom stereocenters. The van der Waals surface area contributed by atoms with Crippen LogP contribution in [0.1, 0.15) is 29.1 Å². The fraction of sp³-hybridized carbons (Fsp3) is 0.353. The fourth-order valence-electron chi connectivity index (χ4n) is 2.15. The summed E-state index contributed by atoms with van der Waals surface area (Å²) in [5, 5.41) is 5.40. The summed E-state index contributed by atoms with van der Waals surface area (Å²) in [6.07, 6.45) is 0.902. The van der Waals surface area contributed by atoms with E-state index in [9.17, 15) is 4.79 Å². The number of likely N-dealkylation sites (N-methyl/N-ethyl adjacent to an activating group) is 1. The first kappa shape index (κ1) is 15.6. The van der Waals surface area contributed by atoms with Crippen molar-refractivity contribution in [3.05, 3.63) is 52.2 Å². The third-order valence-corrected chi connectivity index (χ3v) is 4.16. The topological polar surface area (TPSA) is 32.3 Å². The van der Waals surface area contributed by atoms with Crippen LogP contribution >= 0.6 is 11.3 Å². The van der Waals surface area contributed by atoms with E-state index in [4.69, 9.17) is 0 Å². The summed E-state index contributed by atoms with van der Waals surface area (Å²) in [5.74, 6) is 0.0651. The Morgan fingerprint density at radius 3 is 2.67 bits per heavy atom. The zero-order valence-corrected chi connectivity index (χ0v) is 13.6. The quantitative estimate of drug-likeness (QED) is 0.878. The van der Waals surface area contributed by atoms with Crippen LogP contribution in [0, 0.1) is 0 Å². The van der Waals surface area contributed by atoms with E-state index >= 15 is 0 Å². The Labute approximate surface area is 130 Å². The smallest absolute Gasteiger partial charge is 0.255 e. The number of anilines is 1. The summed E-state index contributed by atoms with van der Waals surface area (Å²) >= 11 is 1.73. The van der Waals surface area contributed by atoms with Crippen molar-refractivity contribution in [2.45, 2.75) is 26.3 Å². The second-order valence-corrected chi connectivity index (χ2v) is 6.43. The van der Waals surface area contributed by atoms with E-state index in [0.717, 1.165) is 24.2 Å². The van der Waals surface area contributed by atoms with E-state index in [1.165, 1.54) is 4.88 Å². The number of hydrogen-bond donors (Lipinski definition) is 1. The summed E-state index contributed by atoms with van der Waals surface area (Å²) < 4.78 is 0. The number of hydrogen-bond acceptors (Lipinski definition) is 3. The van der Waals surface area contributed by atoms with E-state index in [1.54, 1.807) is 16.2 Å². The lowest BCUT2D eigenvalue weighted by molar-refractivity contribution is 0.0798. The van der Waals surface area contributed by atoms with Crippen LogP contribution in [0.3, 0.4) is 0 Å². The Morgan fingerprint density at radius 2 is 2.00 bits per heavy atom. The minimum absolute atomic E-state index is 0.0651. The Hall–Kier alpha value is -1.81. The molecule has 0 fully saturated rings. The van der Waals surface area contributed by atoms with Crippen LogP contribution in [0.4, 0.5) is 5.69 Å². The molecule has 0 aliphatic carbocycles. The lowest BCUT2D eigenvalue weighted by atomic mass is 10.1. The molecule has 112 valence electrons. The number of nitrogens with one attached hydrogen (secondary N) is 1. The minimum Gasteiger partial charge on any atom is -0.382 e. The van der Waals surface area contributed by atoms with Crippen molar-refractivity contribution >= 4 is 22.9 Å². The van der Waals surface area contributed by atoms with Crippen molar-refractivity contribution in [2.75, 3.05) is 18.9 Å². The Balaban J connectivity index is 2.04. The highest BCUT2D eigenvalue weighted by Crippen LogP contribution is 2.18. The molecule has 1 heterocycles. The molecule has 1 aromatic carbocycles. The monoisotopic (exact) mass is 302 g/mol. The molecule has 4 heteroatoms. The number of nitrogens with zero attached hydrogens (tertiary/aromatic N) is 1. The van der Waals surface area contributed by atoms with Crippen LogP contribution in [0.15, 0.2) is 41.8 Å². The molecule has 0 aliphatic rings. The van der Waals surface area contributed by atoms with Gasteiger partial charge in [0.05, 0.1) is 5.56 Å². The molecule has 0 saturated carbocycles.